The molecule has 6 nitrogen and oxygen atoms in total. The number of rotatable bonds is 4. The first-order chi connectivity index (χ1) is 8.20. The molecule has 18 heavy (non-hydrogen) atoms. The molecule has 1 aliphatic rings. The van der Waals surface area contributed by atoms with Gasteiger partial charge in [-0.25, -0.2) is 13.2 Å². The van der Waals surface area contributed by atoms with Gasteiger partial charge in [0, 0.05) is 19.2 Å². The first-order valence-corrected chi connectivity index (χ1v) is 7.96. The van der Waals surface area contributed by atoms with Crippen molar-refractivity contribution in [2.75, 3.05) is 18.6 Å². The maximum Gasteiger partial charge on any atom is 0.326 e. The Kier molecular flexibility index (Phi) is 4.72. The standard InChI is InChI=1S/C11H19NO5S/c1-8-3-5-12(9(7-8)11(14)15)10(13)4-6-18(2,16)17/h8-9H,3-7H2,1-2H3,(H,14,15). The number of carboxylic acids is 1. The van der Waals surface area contributed by atoms with Gasteiger partial charge in [0.25, 0.3) is 0 Å². The second kappa shape index (κ2) is 5.69. The van der Waals surface area contributed by atoms with Crippen molar-refractivity contribution < 1.29 is 23.1 Å². The van der Waals surface area contributed by atoms with Gasteiger partial charge in [0.2, 0.25) is 5.91 Å². The average Bonchev–Trinajstić information content (AvgIpc) is 2.24. The quantitative estimate of drug-likeness (QED) is 0.788. The highest BCUT2D eigenvalue weighted by molar-refractivity contribution is 7.90. The SMILES string of the molecule is CC1CCN(C(=O)CCS(C)(=O)=O)C(C(=O)O)C1. The molecular formula is C11H19NO5S. The summed E-state index contributed by atoms with van der Waals surface area (Å²) in [5, 5.41) is 9.09. The zero-order chi connectivity index (χ0) is 13.9. The fraction of sp³-hybridized carbons (Fsp3) is 0.818. The molecule has 1 rings (SSSR count). The lowest BCUT2D eigenvalue weighted by Gasteiger charge is -2.36. The number of hydrogen-bond acceptors (Lipinski definition) is 4. The predicted octanol–water partition coefficient (Wildman–Crippen LogP) is 0.133. The van der Waals surface area contributed by atoms with Crippen molar-refractivity contribution >= 4 is 21.7 Å². The van der Waals surface area contributed by atoms with Crippen LogP contribution in [0.1, 0.15) is 26.2 Å². The van der Waals surface area contributed by atoms with E-state index < -0.39 is 21.8 Å². The van der Waals surface area contributed by atoms with Gasteiger partial charge < -0.3 is 10.0 Å². The summed E-state index contributed by atoms with van der Waals surface area (Å²) in [4.78, 5) is 24.3. The minimum Gasteiger partial charge on any atom is -0.480 e. The van der Waals surface area contributed by atoms with Crippen LogP contribution >= 0.6 is 0 Å². The maximum atomic E-state index is 11.9. The molecule has 0 aromatic carbocycles. The molecule has 7 heteroatoms. The third-order valence-corrected chi connectivity index (χ3v) is 4.10. The number of piperidine rings is 1. The molecule has 1 saturated heterocycles. The van der Waals surface area contributed by atoms with Gasteiger partial charge in [-0.3, -0.25) is 4.79 Å². The van der Waals surface area contributed by atoms with Crippen LogP contribution in [0.15, 0.2) is 0 Å². The highest BCUT2D eigenvalue weighted by atomic mass is 32.2. The van der Waals surface area contributed by atoms with Crippen LogP contribution in [-0.4, -0.2) is 54.9 Å². The normalized spacial score (nSPS) is 24.9. The minimum absolute atomic E-state index is 0.142. The Bertz CT molecular complexity index is 431. The molecule has 2 unspecified atom stereocenters. The number of carbonyl (C=O) groups excluding carboxylic acids is 1. The van der Waals surface area contributed by atoms with E-state index >= 15 is 0 Å². The van der Waals surface area contributed by atoms with E-state index in [0.29, 0.717) is 13.0 Å². The molecule has 104 valence electrons. The van der Waals surface area contributed by atoms with E-state index in [-0.39, 0.29) is 24.0 Å². The first kappa shape index (κ1) is 14.9. The Balaban J connectivity index is 2.67. The zero-order valence-electron chi connectivity index (χ0n) is 10.6. The summed E-state index contributed by atoms with van der Waals surface area (Å²) in [6.07, 6.45) is 2.11. The molecule has 1 fully saturated rings. The lowest BCUT2D eigenvalue weighted by molar-refractivity contribution is -0.152. The molecule has 0 aromatic heterocycles. The van der Waals surface area contributed by atoms with Gasteiger partial charge in [0.1, 0.15) is 15.9 Å². The maximum absolute atomic E-state index is 11.9. The predicted molar refractivity (Wildman–Crippen MR) is 65.9 cm³/mol. The fourth-order valence-corrected chi connectivity index (χ4v) is 2.64. The van der Waals surface area contributed by atoms with Gasteiger partial charge >= 0.3 is 5.97 Å². The molecule has 0 aliphatic carbocycles. The van der Waals surface area contributed by atoms with Crippen LogP contribution in [0.5, 0.6) is 0 Å². The minimum atomic E-state index is -3.20. The number of carboxylic acid groups (broad SMARTS) is 1. The Morgan fingerprint density at radius 1 is 1.39 bits per heavy atom. The van der Waals surface area contributed by atoms with Gasteiger partial charge in [-0.15, -0.1) is 0 Å². The summed E-state index contributed by atoms with van der Waals surface area (Å²) >= 11 is 0. The second-order valence-electron chi connectivity index (χ2n) is 4.95. The Morgan fingerprint density at radius 2 is 2.00 bits per heavy atom. The Labute approximate surface area is 107 Å². The summed E-state index contributed by atoms with van der Waals surface area (Å²) < 4.78 is 22.0. The van der Waals surface area contributed by atoms with Crippen LogP contribution in [0.3, 0.4) is 0 Å². The van der Waals surface area contributed by atoms with E-state index in [9.17, 15) is 18.0 Å². The molecule has 1 aliphatic heterocycles. The molecule has 1 heterocycles. The topological polar surface area (TPSA) is 91.8 Å². The molecule has 1 N–H and O–H groups in total. The van der Waals surface area contributed by atoms with Crippen LogP contribution in [-0.2, 0) is 19.4 Å². The number of sulfone groups is 1. The number of likely N-dealkylation sites (tertiary alicyclic amines) is 1. The smallest absolute Gasteiger partial charge is 0.326 e. The molecule has 2 atom stereocenters. The summed E-state index contributed by atoms with van der Waals surface area (Å²) in [5.41, 5.74) is 0. The molecule has 1 amide bonds. The molecule has 0 aromatic rings. The molecule has 0 radical (unpaired) electrons. The van der Waals surface area contributed by atoms with Crippen LogP contribution in [0.2, 0.25) is 0 Å². The Morgan fingerprint density at radius 3 is 2.50 bits per heavy atom. The molecule has 0 spiro atoms. The van der Waals surface area contributed by atoms with Crippen LogP contribution in [0.25, 0.3) is 0 Å². The van der Waals surface area contributed by atoms with E-state index in [1.807, 2.05) is 6.92 Å². The average molecular weight is 277 g/mol. The fourth-order valence-electron chi connectivity index (χ4n) is 2.09. The number of hydrogen-bond donors (Lipinski definition) is 1. The third kappa shape index (κ3) is 4.29. The van der Waals surface area contributed by atoms with E-state index in [1.54, 1.807) is 0 Å². The highest BCUT2D eigenvalue weighted by Crippen LogP contribution is 2.23. The molecule has 0 bridgehead atoms. The zero-order valence-corrected chi connectivity index (χ0v) is 11.4. The van der Waals surface area contributed by atoms with E-state index in [4.69, 9.17) is 5.11 Å². The summed E-state index contributed by atoms with van der Waals surface area (Å²) in [6.45, 7) is 2.34. The van der Waals surface area contributed by atoms with Crippen molar-refractivity contribution in [3.8, 4) is 0 Å². The highest BCUT2D eigenvalue weighted by Gasteiger charge is 2.34. The number of nitrogens with zero attached hydrogens (tertiary/aromatic N) is 1. The lowest BCUT2D eigenvalue weighted by atomic mass is 9.92. The first-order valence-electron chi connectivity index (χ1n) is 5.90. The van der Waals surface area contributed by atoms with E-state index in [0.717, 1.165) is 12.7 Å². The van der Waals surface area contributed by atoms with Crippen molar-refractivity contribution in [1.82, 2.24) is 4.90 Å². The summed E-state index contributed by atoms with van der Waals surface area (Å²) in [5.74, 6) is -1.37. The van der Waals surface area contributed by atoms with E-state index in [1.165, 1.54) is 4.90 Å². The van der Waals surface area contributed by atoms with Crippen molar-refractivity contribution in [3.63, 3.8) is 0 Å². The third-order valence-electron chi connectivity index (χ3n) is 3.16. The Hall–Kier alpha value is -1.11. The molecular weight excluding hydrogens is 258 g/mol. The number of amides is 1. The number of aliphatic carboxylic acids is 1. The van der Waals surface area contributed by atoms with Gasteiger partial charge in [-0.1, -0.05) is 6.92 Å². The number of carbonyl (C=O) groups is 2. The van der Waals surface area contributed by atoms with Gasteiger partial charge in [-0.2, -0.15) is 0 Å². The van der Waals surface area contributed by atoms with Crippen LogP contribution in [0.4, 0.5) is 0 Å². The van der Waals surface area contributed by atoms with Crippen molar-refractivity contribution in [3.05, 3.63) is 0 Å². The largest absolute Gasteiger partial charge is 0.480 e. The van der Waals surface area contributed by atoms with Gasteiger partial charge in [0.15, 0.2) is 0 Å². The summed E-state index contributed by atoms with van der Waals surface area (Å²) in [7, 11) is -3.20. The van der Waals surface area contributed by atoms with Crippen LogP contribution in [0, 0.1) is 5.92 Å². The lowest BCUT2D eigenvalue weighted by Crippen LogP contribution is -2.50. The van der Waals surface area contributed by atoms with Gasteiger partial charge in [0.05, 0.1) is 5.75 Å². The van der Waals surface area contributed by atoms with Crippen molar-refractivity contribution in [2.45, 2.75) is 32.2 Å². The van der Waals surface area contributed by atoms with Crippen molar-refractivity contribution in [2.24, 2.45) is 5.92 Å². The van der Waals surface area contributed by atoms with E-state index in [2.05, 4.69) is 0 Å². The van der Waals surface area contributed by atoms with Crippen LogP contribution < -0.4 is 0 Å². The summed E-state index contributed by atoms with van der Waals surface area (Å²) in [6, 6.07) is -0.819. The molecule has 0 saturated carbocycles. The monoisotopic (exact) mass is 277 g/mol. The van der Waals surface area contributed by atoms with Crippen molar-refractivity contribution in [1.29, 1.82) is 0 Å². The van der Waals surface area contributed by atoms with Gasteiger partial charge in [-0.05, 0) is 18.8 Å². The second-order valence-corrected chi connectivity index (χ2v) is 7.21.